The van der Waals surface area contributed by atoms with Crippen molar-refractivity contribution < 1.29 is 4.92 Å². The molecule has 1 fully saturated rings. The Balaban J connectivity index is 2.16. The van der Waals surface area contributed by atoms with Crippen LogP contribution < -0.4 is 0 Å². The van der Waals surface area contributed by atoms with Crippen LogP contribution in [0.5, 0.6) is 0 Å². The Morgan fingerprint density at radius 1 is 1.47 bits per heavy atom. The van der Waals surface area contributed by atoms with Gasteiger partial charge >= 0.3 is 5.95 Å². The van der Waals surface area contributed by atoms with Gasteiger partial charge < -0.3 is 10.1 Å². The fourth-order valence-electron chi connectivity index (χ4n) is 2.46. The zero-order chi connectivity index (χ0) is 14.0. The lowest BCUT2D eigenvalue weighted by Gasteiger charge is -2.36. The van der Waals surface area contributed by atoms with E-state index in [2.05, 4.69) is 28.9 Å². The van der Waals surface area contributed by atoms with E-state index in [1.807, 2.05) is 0 Å². The van der Waals surface area contributed by atoms with Crippen molar-refractivity contribution in [2.24, 2.45) is 12.1 Å². The number of nitrogens with zero attached hydrogens (tertiary/aromatic N) is 5. The Labute approximate surface area is 112 Å². The number of nitro groups is 1. The van der Waals surface area contributed by atoms with Crippen LogP contribution in [0.3, 0.4) is 0 Å². The van der Waals surface area contributed by atoms with Crippen molar-refractivity contribution in [3.8, 4) is 0 Å². The van der Waals surface area contributed by atoms with Crippen LogP contribution in [0.1, 0.15) is 38.8 Å². The van der Waals surface area contributed by atoms with Gasteiger partial charge in [-0.2, -0.15) is 5.10 Å². The average molecular weight is 265 g/mol. The minimum atomic E-state index is -0.497. The van der Waals surface area contributed by atoms with E-state index >= 15 is 0 Å². The van der Waals surface area contributed by atoms with Gasteiger partial charge in [0.25, 0.3) is 0 Å². The van der Waals surface area contributed by atoms with E-state index in [1.165, 1.54) is 17.2 Å². The largest absolute Gasteiger partial charge is 0.434 e. The summed E-state index contributed by atoms with van der Waals surface area (Å²) in [6.07, 6.45) is 6.62. The van der Waals surface area contributed by atoms with Crippen molar-refractivity contribution in [1.82, 2.24) is 14.6 Å². The quantitative estimate of drug-likeness (QED) is 0.475. The fraction of sp³-hybridized carbons (Fsp3) is 0.667. The second-order valence-electron chi connectivity index (χ2n) is 5.05. The molecule has 2 heterocycles. The van der Waals surface area contributed by atoms with Crippen LogP contribution in [0.2, 0.25) is 0 Å². The summed E-state index contributed by atoms with van der Waals surface area (Å²) in [4.78, 5) is 14.0. The lowest BCUT2D eigenvalue weighted by Crippen LogP contribution is -2.39. The molecule has 1 aliphatic heterocycles. The Hall–Kier alpha value is -1.92. The van der Waals surface area contributed by atoms with E-state index < -0.39 is 4.92 Å². The summed E-state index contributed by atoms with van der Waals surface area (Å²) in [7, 11) is 1.62. The fourth-order valence-corrected chi connectivity index (χ4v) is 2.46. The maximum atomic E-state index is 10.7. The second-order valence-corrected chi connectivity index (χ2v) is 5.05. The van der Waals surface area contributed by atoms with E-state index in [0.717, 1.165) is 12.8 Å². The molecule has 1 aromatic heterocycles. The van der Waals surface area contributed by atoms with Gasteiger partial charge in [0.05, 0.1) is 13.3 Å². The number of hydrogen-bond donors (Lipinski definition) is 0. The first-order chi connectivity index (χ1) is 9.00. The topological polar surface area (TPSA) is 76.6 Å². The van der Waals surface area contributed by atoms with E-state index in [-0.39, 0.29) is 5.95 Å². The number of rotatable bonds is 3. The molecule has 0 aromatic carbocycles. The third-order valence-electron chi connectivity index (χ3n) is 3.63. The standard InChI is InChI=1S/C12H19N5O2/c1-9-5-4-6-10(2)16(9)14-8-11-7-13-12(15(11)3)17(18)19/h7-10H,4-6H2,1-3H3. The molecule has 2 unspecified atom stereocenters. The Morgan fingerprint density at radius 2 is 2.11 bits per heavy atom. The van der Waals surface area contributed by atoms with Crippen molar-refractivity contribution in [3.05, 3.63) is 22.0 Å². The molecule has 104 valence electrons. The van der Waals surface area contributed by atoms with E-state index in [9.17, 15) is 10.1 Å². The van der Waals surface area contributed by atoms with Gasteiger partial charge in [0.2, 0.25) is 0 Å². The predicted octanol–water partition coefficient (Wildman–Crippen LogP) is 1.93. The number of aromatic nitrogens is 2. The number of imidazole rings is 1. The van der Waals surface area contributed by atoms with Crippen molar-refractivity contribution in [2.45, 2.75) is 45.2 Å². The minimum Gasteiger partial charge on any atom is -0.390 e. The van der Waals surface area contributed by atoms with Gasteiger partial charge in [-0.15, -0.1) is 0 Å². The van der Waals surface area contributed by atoms with Crippen LogP contribution in [-0.2, 0) is 7.05 Å². The molecule has 1 saturated heterocycles. The zero-order valence-electron chi connectivity index (χ0n) is 11.5. The van der Waals surface area contributed by atoms with Crippen LogP contribution in [0.4, 0.5) is 5.95 Å². The molecule has 1 aromatic rings. The molecule has 19 heavy (non-hydrogen) atoms. The van der Waals surface area contributed by atoms with Crippen LogP contribution in [0, 0.1) is 10.1 Å². The highest BCUT2D eigenvalue weighted by Gasteiger charge is 2.23. The third kappa shape index (κ3) is 2.74. The number of hydrogen-bond acceptors (Lipinski definition) is 5. The first-order valence-electron chi connectivity index (χ1n) is 6.49. The Morgan fingerprint density at radius 3 is 2.63 bits per heavy atom. The molecule has 0 N–H and O–H groups in total. The smallest absolute Gasteiger partial charge is 0.390 e. The molecule has 0 aliphatic carbocycles. The predicted molar refractivity (Wildman–Crippen MR) is 72.1 cm³/mol. The average Bonchev–Trinajstić information content (AvgIpc) is 2.70. The Bertz CT molecular complexity index is 486. The molecule has 7 heteroatoms. The summed E-state index contributed by atoms with van der Waals surface area (Å²) >= 11 is 0. The summed E-state index contributed by atoms with van der Waals surface area (Å²) in [6.45, 7) is 4.30. The van der Waals surface area contributed by atoms with Crippen molar-refractivity contribution in [1.29, 1.82) is 0 Å². The van der Waals surface area contributed by atoms with E-state index in [1.54, 1.807) is 13.3 Å². The summed E-state index contributed by atoms with van der Waals surface area (Å²) in [5, 5.41) is 17.3. The van der Waals surface area contributed by atoms with Gasteiger partial charge in [0.1, 0.15) is 6.20 Å². The molecule has 0 spiro atoms. The minimum absolute atomic E-state index is 0.166. The third-order valence-corrected chi connectivity index (χ3v) is 3.63. The van der Waals surface area contributed by atoms with E-state index in [4.69, 9.17) is 0 Å². The summed E-state index contributed by atoms with van der Waals surface area (Å²) in [5.74, 6) is -0.166. The van der Waals surface area contributed by atoms with Crippen molar-refractivity contribution in [2.75, 3.05) is 0 Å². The maximum absolute atomic E-state index is 10.7. The molecule has 2 atom stereocenters. The molecule has 0 radical (unpaired) electrons. The van der Waals surface area contributed by atoms with Crippen LogP contribution in [-0.4, -0.2) is 37.8 Å². The van der Waals surface area contributed by atoms with Gasteiger partial charge in [-0.1, -0.05) is 4.98 Å². The second kappa shape index (κ2) is 5.38. The molecular formula is C12H19N5O2. The highest BCUT2D eigenvalue weighted by atomic mass is 16.6. The van der Waals surface area contributed by atoms with Crippen LogP contribution >= 0.6 is 0 Å². The lowest BCUT2D eigenvalue weighted by molar-refractivity contribution is -0.396. The molecule has 1 aliphatic rings. The first-order valence-corrected chi connectivity index (χ1v) is 6.49. The first kappa shape index (κ1) is 13.5. The molecule has 0 saturated carbocycles. The number of hydrazone groups is 1. The van der Waals surface area contributed by atoms with Gasteiger partial charge in [-0.3, -0.25) is 5.01 Å². The van der Waals surface area contributed by atoms with Gasteiger partial charge in [-0.25, -0.2) is 4.57 Å². The zero-order valence-corrected chi connectivity index (χ0v) is 11.5. The highest BCUT2D eigenvalue weighted by molar-refractivity contribution is 5.77. The summed E-state index contributed by atoms with van der Waals surface area (Å²) in [6, 6.07) is 0.812. The lowest BCUT2D eigenvalue weighted by atomic mass is 10.00. The molecular weight excluding hydrogens is 246 g/mol. The monoisotopic (exact) mass is 265 g/mol. The maximum Gasteiger partial charge on any atom is 0.434 e. The molecule has 2 rings (SSSR count). The van der Waals surface area contributed by atoms with Gasteiger partial charge in [0, 0.05) is 12.1 Å². The van der Waals surface area contributed by atoms with Crippen LogP contribution in [0.25, 0.3) is 0 Å². The summed E-state index contributed by atoms with van der Waals surface area (Å²) in [5.41, 5.74) is 0.636. The van der Waals surface area contributed by atoms with Gasteiger partial charge in [-0.05, 0) is 38.0 Å². The van der Waals surface area contributed by atoms with Gasteiger partial charge in [0.15, 0.2) is 5.69 Å². The van der Waals surface area contributed by atoms with Crippen molar-refractivity contribution in [3.63, 3.8) is 0 Å². The SMILES string of the molecule is CC1CCCC(C)N1N=Cc1cnc([N+](=O)[O-])n1C. The Kier molecular flexibility index (Phi) is 3.82. The normalized spacial score (nSPS) is 24.1. The molecule has 7 nitrogen and oxygen atoms in total. The van der Waals surface area contributed by atoms with E-state index in [0.29, 0.717) is 17.8 Å². The van der Waals surface area contributed by atoms with Crippen molar-refractivity contribution >= 4 is 12.2 Å². The number of piperidine rings is 1. The molecule has 0 bridgehead atoms. The summed E-state index contributed by atoms with van der Waals surface area (Å²) < 4.78 is 1.43. The van der Waals surface area contributed by atoms with Crippen LogP contribution in [0.15, 0.2) is 11.3 Å². The molecule has 0 amide bonds. The highest BCUT2D eigenvalue weighted by Crippen LogP contribution is 2.22.